The summed E-state index contributed by atoms with van der Waals surface area (Å²) >= 11 is 0. The van der Waals surface area contributed by atoms with E-state index < -0.39 is 0 Å². The fraction of sp³-hybridized carbons (Fsp3) is 0.650. The lowest BCUT2D eigenvalue weighted by atomic mass is 9.93. The second-order valence-corrected chi connectivity index (χ2v) is 7.86. The molecule has 2 aliphatic rings. The molecule has 2 fully saturated rings. The van der Waals surface area contributed by atoms with Gasteiger partial charge in [0, 0.05) is 44.1 Å². The molecule has 0 saturated carbocycles. The smallest absolute Gasteiger partial charge is 0.319 e. The minimum Gasteiger partial charge on any atom is -0.381 e. The Labute approximate surface area is 156 Å². The molecule has 0 aromatic heterocycles. The van der Waals surface area contributed by atoms with Gasteiger partial charge in [0.25, 0.3) is 0 Å². The molecule has 0 aliphatic carbocycles. The zero-order valence-corrected chi connectivity index (χ0v) is 16.1. The molecule has 0 bridgehead atoms. The Balaban J connectivity index is 1.62. The molecule has 2 atom stereocenters. The lowest BCUT2D eigenvalue weighted by Gasteiger charge is -2.36. The maximum Gasteiger partial charge on any atom is 0.319 e. The van der Waals surface area contributed by atoms with Gasteiger partial charge in [0.05, 0.1) is 12.2 Å². The third-order valence-electron chi connectivity index (χ3n) is 5.17. The van der Waals surface area contributed by atoms with E-state index in [4.69, 9.17) is 9.47 Å². The van der Waals surface area contributed by atoms with Crippen LogP contribution in [-0.2, 0) is 16.0 Å². The molecule has 0 radical (unpaired) electrons. The highest BCUT2D eigenvalue weighted by atomic mass is 16.5. The Hall–Kier alpha value is -1.63. The molecule has 0 spiro atoms. The maximum atomic E-state index is 12.5. The van der Waals surface area contributed by atoms with Crippen LogP contribution < -0.4 is 10.6 Å². The molecule has 2 saturated heterocycles. The van der Waals surface area contributed by atoms with Crippen LogP contribution in [0.5, 0.6) is 0 Å². The molecule has 1 aromatic rings. The molecule has 3 rings (SSSR count). The van der Waals surface area contributed by atoms with Crippen LogP contribution in [-0.4, -0.2) is 55.0 Å². The molecule has 2 N–H and O–H groups in total. The number of para-hydroxylation sites is 1. The average Bonchev–Trinajstić information content (AvgIpc) is 2.56. The van der Waals surface area contributed by atoms with E-state index in [0.29, 0.717) is 13.2 Å². The first kappa shape index (κ1) is 19.1. The van der Waals surface area contributed by atoms with Gasteiger partial charge in [-0.2, -0.15) is 0 Å². The van der Waals surface area contributed by atoms with Crippen molar-refractivity contribution in [3.63, 3.8) is 0 Å². The number of morpholine rings is 1. The van der Waals surface area contributed by atoms with Gasteiger partial charge in [0.1, 0.15) is 0 Å². The molecule has 2 heterocycles. The Morgan fingerprint density at radius 3 is 2.54 bits per heavy atom. The third kappa shape index (κ3) is 5.19. The van der Waals surface area contributed by atoms with E-state index in [-0.39, 0.29) is 23.8 Å². The van der Waals surface area contributed by atoms with Crippen LogP contribution in [0.25, 0.3) is 0 Å². The number of ether oxygens (including phenoxy) is 2. The number of rotatable bonds is 4. The predicted octanol–water partition coefficient (Wildman–Crippen LogP) is 2.99. The van der Waals surface area contributed by atoms with Crippen molar-refractivity contribution >= 4 is 11.7 Å². The Morgan fingerprint density at radius 1 is 1.19 bits per heavy atom. The van der Waals surface area contributed by atoms with Gasteiger partial charge in [-0.25, -0.2) is 4.79 Å². The summed E-state index contributed by atoms with van der Waals surface area (Å²) in [5, 5.41) is 6.17. The SMILES string of the molecule is C[C@@H]1CN(Cc2ccccc2NC(=O)NC2(C)CCOCC2)C[C@@H](C)O1. The topological polar surface area (TPSA) is 62.8 Å². The summed E-state index contributed by atoms with van der Waals surface area (Å²) in [5.74, 6) is 0. The summed E-state index contributed by atoms with van der Waals surface area (Å²) in [7, 11) is 0. The normalized spacial score (nSPS) is 26.3. The Kier molecular flexibility index (Phi) is 6.16. The van der Waals surface area contributed by atoms with E-state index in [9.17, 15) is 4.79 Å². The largest absolute Gasteiger partial charge is 0.381 e. The number of anilines is 1. The zero-order valence-electron chi connectivity index (χ0n) is 16.1. The minimum atomic E-state index is -0.202. The average molecular weight is 361 g/mol. The van der Waals surface area contributed by atoms with Gasteiger partial charge in [-0.1, -0.05) is 18.2 Å². The molecule has 6 heteroatoms. The number of hydrogen-bond acceptors (Lipinski definition) is 4. The highest BCUT2D eigenvalue weighted by Gasteiger charge is 2.29. The first-order chi connectivity index (χ1) is 12.4. The van der Waals surface area contributed by atoms with Crippen molar-refractivity contribution in [2.24, 2.45) is 0 Å². The van der Waals surface area contributed by atoms with Crippen LogP contribution in [0.15, 0.2) is 24.3 Å². The third-order valence-corrected chi connectivity index (χ3v) is 5.17. The number of carbonyl (C=O) groups excluding carboxylic acids is 1. The van der Waals surface area contributed by atoms with E-state index in [1.807, 2.05) is 18.2 Å². The number of urea groups is 1. The fourth-order valence-electron chi connectivity index (χ4n) is 3.81. The second-order valence-electron chi connectivity index (χ2n) is 7.86. The number of hydrogen-bond donors (Lipinski definition) is 2. The number of nitrogens with one attached hydrogen (secondary N) is 2. The molecule has 1 aromatic carbocycles. The van der Waals surface area contributed by atoms with Crippen LogP contribution in [0.1, 0.15) is 39.2 Å². The lowest BCUT2D eigenvalue weighted by Crippen LogP contribution is -2.51. The van der Waals surface area contributed by atoms with Gasteiger partial charge in [-0.3, -0.25) is 4.90 Å². The van der Waals surface area contributed by atoms with Crippen LogP contribution >= 0.6 is 0 Å². The van der Waals surface area contributed by atoms with Crippen molar-refractivity contribution in [2.45, 2.75) is 57.9 Å². The van der Waals surface area contributed by atoms with Crippen molar-refractivity contribution in [3.05, 3.63) is 29.8 Å². The van der Waals surface area contributed by atoms with Gasteiger partial charge in [-0.05, 0) is 45.2 Å². The fourth-order valence-corrected chi connectivity index (χ4v) is 3.81. The van der Waals surface area contributed by atoms with Crippen LogP contribution in [0, 0.1) is 0 Å². The Bertz CT molecular complexity index is 606. The molecule has 0 unspecified atom stereocenters. The molecule has 2 aliphatic heterocycles. The van der Waals surface area contributed by atoms with Crippen molar-refractivity contribution in [1.82, 2.24) is 10.2 Å². The Morgan fingerprint density at radius 2 is 1.85 bits per heavy atom. The summed E-state index contributed by atoms with van der Waals surface area (Å²) in [4.78, 5) is 14.9. The van der Waals surface area contributed by atoms with Gasteiger partial charge in [-0.15, -0.1) is 0 Å². The summed E-state index contributed by atoms with van der Waals surface area (Å²) < 4.78 is 11.2. The van der Waals surface area contributed by atoms with Crippen molar-refractivity contribution in [3.8, 4) is 0 Å². The highest BCUT2D eigenvalue weighted by Crippen LogP contribution is 2.22. The quantitative estimate of drug-likeness (QED) is 0.865. The van der Waals surface area contributed by atoms with Gasteiger partial charge >= 0.3 is 6.03 Å². The van der Waals surface area contributed by atoms with E-state index in [1.54, 1.807) is 0 Å². The minimum absolute atomic E-state index is 0.148. The predicted molar refractivity (Wildman–Crippen MR) is 102 cm³/mol. The van der Waals surface area contributed by atoms with Gasteiger partial charge in [0.2, 0.25) is 0 Å². The highest BCUT2D eigenvalue weighted by molar-refractivity contribution is 5.90. The summed E-state index contributed by atoms with van der Waals surface area (Å²) in [5.41, 5.74) is 1.79. The number of nitrogens with zero attached hydrogens (tertiary/aromatic N) is 1. The summed E-state index contributed by atoms with van der Waals surface area (Å²) in [6, 6.07) is 7.88. The van der Waals surface area contributed by atoms with Crippen molar-refractivity contribution < 1.29 is 14.3 Å². The number of amides is 2. The lowest BCUT2D eigenvalue weighted by molar-refractivity contribution is -0.0704. The van der Waals surface area contributed by atoms with E-state index >= 15 is 0 Å². The van der Waals surface area contributed by atoms with E-state index in [1.165, 1.54) is 0 Å². The van der Waals surface area contributed by atoms with Crippen LogP contribution in [0.3, 0.4) is 0 Å². The summed E-state index contributed by atoms with van der Waals surface area (Å²) in [6.45, 7) is 10.3. The van der Waals surface area contributed by atoms with Crippen molar-refractivity contribution in [1.29, 1.82) is 0 Å². The van der Waals surface area contributed by atoms with E-state index in [0.717, 1.165) is 43.7 Å². The maximum absolute atomic E-state index is 12.5. The number of carbonyl (C=O) groups is 1. The zero-order chi connectivity index (χ0) is 18.6. The first-order valence-corrected chi connectivity index (χ1v) is 9.56. The molecule has 2 amide bonds. The van der Waals surface area contributed by atoms with Crippen LogP contribution in [0.4, 0.5) is 10.5 Å². The van der Waals surface area contributed by atoms with Gasteiger partial charge < -0.3 is 20.1 Å². The molecule has 6 nitrogen and oxygen atoms in total. The standard InChI is InChI=1S/C20H31N3O3/c1-15-12-23(13-16(2)26-15)14-17-6-4-5-7-18(17)21-19(24)22-20(3)8-10-25-11-9-20/h4-7,15-16H,8-14H2,1-3H3,(H2,21,22,24)/t15-,16-/m1/s1. The molecular weight excluding hydrogens is 330 g/mol. The van der Waals surface area contributed by atoms with Crippen molar-refractivity contribution in [2.75, 3.05) is 31.6 Å². The summed E-state index contributed by atoms with van der Waals surface area (Å²) in [6.07, 6.45) is 2.14. The van der Waals surface area contributed by atoms with E-state index in [2.05, 4.69) is 42.4 Å². The number of benzene rings is 1. The molecule has 144 valence electrons. The van der Waals surface area contributed by atoms with Gasteiger partial charge in [0.15, 0.2) is 0 Å². The monoisotopic (exact) mass is 361 g/mol. The molecular formula is C20H31N3O3. The van der Waals surface area contributed by atoms with Crippen LogP contribution in [0.2, 0.25) is 0 Å². The molecule has 26 heavy (non-hydrogen) atoms. The first-order valence-electron chi connectivity index (χ1n) is 9.56. The second kappa shape index (κ2) is 8.37.